The molecule has 0 fully saturated rings. The van der Waals surface area contributed by atoms with Crippen molar-refractivity contribution in [3.05, 3.63) is 22.4 Å². The first-order valence-corrected chi connectivity index (χ1v) is 6.93. The van der Waals surface area contributed by atoms with Crippen LogP contribution in [0.25, 0.3) is 0 Å². The van der Waals surface area contributed by atoms with Gasteiger partial charge in [0.2, 0.25) is 0 Å². The van der Waals surface area contributed by atoms with Crippen LogP contribution in [0.15, 0.2) is 17.5 Å². The maximum atomic E-state index is 11.6. The van der Waals surface area contributed by atoms with Gasteiger partial charge >= 0.3 is 0 Å². The summed E-state index contributed by atoms with van der Waals surface area (Å²) in [4.78, 5) is 12.4. The first-order chi connectivity index (χ1) is 7.05. The molecule has 0 radical (unpaired) electrons. The molecule has 0 saturated carbocycles. The summed E-state index contributed by atoms with van der Waals surface area (Å²) in [6.07, 6.45) is 1.05. The van der Waals surface area contributed by atoms with Crippen LogP contribution in [-0.4, -0.2) is 17.8 Å². The van der Waals surface area contributed by atoms with E-state index in [1.165, 1.54) is 11.3 Å². The van der Waals surface area contributed by atoms with Gasteiger partial charge in [-0.15, -0.1) is 11.3 Å². The Labute approximate surface area is 103 Å². The van der Waals surface area contributed by atoms with Gasteiger partial charge in [0.05, 0.1) is 4.88 Å². The fourth-order valence-electron chi connectivity index (χ4n) is 1.16. The Bertz CT molecular complexity index is 308. The predicted octanol–water partition coefficient (Wildman–Crippen LogP) is 3.29. The number of thiophene rings is 1. The minimum atomic E-state index is 0.0349. The Morgan fingerprint density at radius 3 is 2.87 bits per heavy atom. The normalized spacial score (nSPS) is 11.4. The number of amides is 1. The van der Waals surface area contributed by atoms with Crippen LogP contribution in [0.1, 0.15) is 29.9 Å². The van der Waals surface area contributed by atoms with Crippen molar-refractivity contribution < 1.29 is 4.79 Å². The molecule has 0 atom stereocenters. The van der Waals surface area contributed by atoms with E-state index in [1.54, 1.807) is 0 Å². The second kappa shape index (κ2) is 5.66. The molecule has 0 bridgehead atoms. The maximum absolute atomic E-state index is 11.6. The molecule has 1 aromatic heterocycles. The molecule has 1 heterocycles. The van der Waals surface area contributed by atoms with Gasteiger partial charge in [0.25, 0.3) is 5.91 Å². The molecular weight excluding hydrogens is 274 g/mol. The molecule has 0 spiro atoms. The van der Waals surface area contributed by atoms with Crippen LogP contribution >= 0.6 is 27.3 Å². The zero-order valence-electron chi connectivity index (χ0n) is 9.05. The third-order valence-corrected chi connectivity index (χ3v) is 3.51. The average Bonchev–Trinajstić information content (AvgIpc) is 2.67. The molecule has 0 unspecified atom stereocenters. The summed E-state index contributed by atoms with van der Waals surface area (Å²) in [5.41, 5.74) is 0.149. The van der Waals surface area contributed by atoms with Gasteiger partial charge < -0.3 is 5.32 Å². The predicted molar refractivity (Wildman–Crippen MR) is 68.8 cm³/mol. The molecule has 1 rings (SSSR count). The van der Waals surface area contributed by atoms with Gasteiger partial charge in [0.15, 0.2) is 0 Å². The molecule has 1 aromatic rings. The molecule has 0 aliphatic rings. The Morgan fingerprint density at radius 1 is 1.60 bits per heavy atom. The number of alkyl halides is 1. The highest BCUT2D eigenvalue weighted by atomic mass is 79.9. The molecule has 84 valence electrons. The lowest BCUT2D eigenvalue weighted by Gasteiger charge is -2.23. The molecule has 2 nitrogen and oxygen atoms in total. The summed E-state index contributed by atoms with van der Waals surface area (Å²) in [5, 5.41) is 5.84. The lowest BCUT2D eigenvalue weighted by atomic mass is 9.90. The second-order valence-corrected chi connectivity index (χ2v) is 6.00. The SMILES string of the molecule is CC(C)(CCBr)CNC(=O)c1cccs1. The summed E-state index contributed by atoms with van der Waals surface area (Å²) in [7, 11) is 0. The first-order valence-electron chi connectivity index (χ1n) is 4.93. The Balaban J connectivity index is 2.40. The highest BCUT2D eigenvalue weighted by molar-refractivity contribution is 9.09. The largest absolute Gasteiger partial charge is 0.351 e. The van der Waals surface area contributed by atoms with Crippen molar-refractivity contribution >= 4 is 33.2 Å². The summed E-state index contributed by atoms with van der Waals surface area (Å²) in [5.74, 6) is 0.0349. The molecule has 4 heteroatoms. The van der Waals surface area contributed by atoms with Gasteiger partial charge in [-0.2, -0.15) is 0 Å². The topological polar surface area (TPSA) is 29.1 Å². The summed E-state index contributed by atoms with van der Waals surface area (Å²) in [6.45, 7) is 5.03. The maximum Gasteiger partial charge on any atom is 0.261 e. The van der Waals surface area contributed by atoms with Crippen LogP contribution in [0.3, 0.4) is 0 Å². The number of hydrogen-bond donors (Lipinski definition) is 1. The van der Waals surface area contributed by atoms with E-state index in [0.717, 1.165) is 23.2 Å². The molecular formula is C11H16BrNOS. The van der Waals surface area contributed by atoms with Gasteiger partial charge in [-0.25, -0.2) is 0 Å². The Kier molecular flexibility index (Phi) is 4.80. The van der Waals surface area contributed by atoms with Gasteiger partial charge in [-0.05, 0) is 23.3 Å². The molecule has 0 aliphatic heterocycles. The standard InChI is InChI=1S/C11H16BrNOS/c1-11(2,5-6-12)8-13-10(14)9-4-3-7-15-9/h3-4,7H,5-6,8H2,1-2H3,(H,13,14). The van der Waals surface area contributed by atoms with Crippen molar-refractivity contribution in [3.8, 4) is 0 Å². The van der Waals surface area contributed by atoms with Crippen molar-refractivity contribution in [2.24, 2.45) is 5.41 Å². The van der Waals surface area contributed by atoms with Crippen LogP contribution in [0.4, 0.5) is 0 Å². The second-order valence-electron chi connectivity index (χ2n) is 4.26. The number of carbonyl (C=O) groups is 1. The van der Waals surface area contributed by atoms with Crippen LogP contribution in [0, 0.1) is 5.41 Å². The van der Waals surface area contributed by atoms with Gasteiger partial charge in [-0.1, -0.05) is 35.8 Å². The first kappa shape index (κ1) is 12.7. The number of hydrogen-bond acceptors (Lipinski definition) is 2. The molecule has 1 N–H and O–H groups in total. The van der Waals surface area contributed by atoms with Crippen LogP contribution < -0.4 is 5.32 Å². The van der Waals surface area contributed by atoms with E-state index in [1.807, 2.05) is 17.5 Å². The van der Waals surface area contributed by atoms with Crippen molar-refractivity contribution in [1.29, 1.82) is 0 Å². The average molecular weight is 290 g/mol. The van der Waals surface area contributed by atoms with E-state index >= 15 is 0 Å². The van der Waals surface area contributed by atoms with E-state index in [-0.39, 0.29) is 11.3 Å². The van der Waals surface area contributed by atoms with E-state index in [2.05, 4.69) is 35.1 Å². The lowest BCUT2D eigenvalue weighted by molar-refractivity contribution is 0.0940. The zero-order chi connectivity index (χ0) is 11.3. The number of nitrogens with one attached hydrogen (secondary N) is 1. The minimum absolute atomic E-state index is 0.0349. The van der Waals surface area contributed by atoms with E-state index < -0.39 is 0 Å². The summed E-state index contributed by atoms with van der Waals surface area (Å²) < 4.78 is 0. The summed E-state index contributed by atoms with van der Waals surface area (Å²) in [6, 6.07) is 3.74. The quantitative estimate of drug-likeness (QED) is 0.828. The molecule has 0 aliphatic carbocycles. The van der Waals surface area contributed by atoms with Crippen LogP contribution in [-0.2, 0) is 0 Å². The van der Waals surface area contributed by atoms with E-state index in [0.29, 0.717) is 0 Å². The minimum Gasteiger partial charge on any atom is -0.351 e. The van der Waals surface area contributed by atoms with Crippen molar-refractivity contribution in [1.82, 2.24) is 5.32 Å². The number of carbonyl (C=O) groups excluding carboxylic acids is 1. The van der Waals surface area contributed by atoms with Crippen LogP contribution in [0.2, 0.25) is 0 Å². The fraction of sp³-hybridized carbons (Fsp3) is 0.545. The number of halogens is 1. The van der Waals surface area contributed by atoms with E-state index in [9.17, 15) is 4.79 Å². The molecule has 0 saturated heterocycles. The summed E-state index contributed by atoms with van der Waals surface area (Å²) >= 11 is 4.89. The smallest absolute Gasteiger partial charge is 0.261 e. The van der Waals surface area contributed by atoms with Gasteiger partial charge in [0, 0.05) is 11.9 Å². The van der Waals surface area contributed by atoms with Crippen molar-refractivity contribution in [2.45, 2.75) is 20.3 Å². The fourth-order valence-corrected chi connectivity index (χ4v) is 2.87. The molecule has 1 amide bonds. The third-order valence-electron chi connectivity index (χ3n) is 2.24. The van der Waals surface area contributed by atoms with Crippen LogP contribution in [0.5, 0.6) is 0 Å². The van der Waals surface area contributed by atoms with Crippen molar-refractivity contribution in [3.63, 3.8) is 0 Å². The van der Waals surface area contributed by atoms with Gasteiger partial charge in [-0.3, -0.25) is 4.79 Å². The van der Waals surface area contributed by atoms with Crippen molar-refractivity contribution in [2.75, 3.05) is 11.9 Å². The lowest BCUT2D eigenvalue weighted by Crippen LogP contribution is -2.33. The Hall–Kier alpha value is -0.350. The highest BCUT2D eigenvalue weighted by Gasteiger charge is 2.18. The highest BCUT2D eigenvalue weighted by Crippen LogP contribution is 2.20. The zero-order valence-corrected chi connectivity index (χ0v) is 11.5. The number of rotatable bonds is 5. The molecule has 0 aromatic carbocycles. The monoisotopic (exact) mass is 289 g/mol. The molecule has 15 heavy (non-hydrogen) atoms. The Morgan fingerprint density at radius 2 is 2.33 bits per heavy atom. The van der Waals surface area contributed by atoms with E-state index in [4.69, 9.17) is 0 Å². The van der Waals surface area contributed by atoms with Gasteiger partial charge in [0.1, 0.15) is 0 Å². The third kappa shape index (κ3) is 4.34.